The average Bonchev–Trinajstić information content (AvgIpc) is 3.05. The van der Waals surface area contributed by atoms with E-state index < -0.39 is 0 Å². The number of fused-ring (bicyclic) bond motifs is 5. The van der Waals surface area contributed by atoms with E-state index in [4.69, 9.17) is 14.2 Å². The first-order chi connectivity index (χ1) is 11.7. The predicted octanol–water partition coefficient (Wildman–Crippen LogP) is 2.79. The summed E-state index contributed by atoms with van der Waals surface area (Å²) in [6, 6.07) is 8.38. The highest BCUT2D eigenvalue weighted by Crippen LogP contribution is 2.46. The lowest BCUT2D eigenvalue weighted by atomic mass is 9.83. The zero-order valence-electron chi connectivity index (χ0n) is 13.5. The van der Waals surface area contributed by atoms with Crippen molar-refractivity contribution in [3.05, 3.63) is 46.5 Å². The van der Waals surface area contributed by atoms with Gasteiger partial charge in [0.25, 0.3) is 0 Å². The molecule has 0 aromatic heterocycles. The van der Waals surface area contributed by atoms with E-state index in [1.54, 1.807) is 13.2 Å². The zero-order chi connectivity index (χ0) is 16.3. The molecule has 0 amide bonds. The second kappa shape index (κ2) is 5.05. The highest BCUT2D eigenvalue weighted by Gasteiger charge is 2.35. The highest BCUT2D eigenvalue weighted by molar-refractivity contribution is 5.54. The third kappa shape index (κ3) is 1.91. The van der Waals surface area contributed by atoms with E-state index in [9.17, 15) is 5.11 Å². The molecule has 3 aliphatic heterocycles. The zero-order valence-corrected chi connectivity index (χ0v) is 13.5. The van der Waals surface area contributed by atoms with E-state index in [2.05, 4.69) is 17.0 Å². The molecule has 1 atom stereocenters. The maximum Gasteiger partial charge on any atom is 0.231 e. The van der Waals surface area contributed by atoms with Crippen LogP contribution in [0.15, 0.2) is 24.3 Å². The summed E-state index contributed by atoms with van der Waals surface area (Å²) >= 11 is 0. The molecule has 0 saturated heterocycles. The van der Waals surface area contributed by atoms with Gasteiger partial charge in [0.05, 0.1) is 7.11 Å². The molecule has 124 valence electrons. The minimum atomic E-state index is 0.218. The van der Waals surface area contributed by atoms with E-state index in [0.717, 1.165) is 43.0 Å². The van der Waals surface area contributed by atoms with Gasteiger partial charge < -0.3 is 19.3 Å². The lowest BCUT2D eigenvalue weighted by Crippen LogP contribution is -2.39. The van der Waals surface area contributed by atoms with Crippen molar-refractivity contribution >= 4 is 0 Å². The molecular weight excluding hydrogens is 306 g/mol. The molecule has 5 nitrogen and oxygen atoms in total. The first-order valence-electron chi connectivity index (χ1n) is 8.29. The quantitative estimate of drug-likeness (QED) is 0.874. The van der Waals surface area contributed by atoms with Crippen LogP contribution in [0.2, 0.25) is 0 Å². The van der Waals surface area contributed by atoms with Gasteiger partial charge in [-0.25, -0.2) is 0 Å². The van der Waals surface area contributed by atoms with Crippen LogP contribution in [-0.4, -0.2) is 30.5 Å². The number of ether oxygens (including phenoxy) is 3. The standard InChI is InChI=1S/C19H19NO4/c1-22-19-14-9-20-5-4-12-7-17-18(24-10-23-17)8-13(12)15(20)6-11(14)2-3-16(19)21/h2-3,7-8,15,21H,4-6,9-10H2,1H3/t15-/m1/s1. The third-order valence-electron chi connectivity index (χ3n) is 5.42. The Labute approximate surface area is 140 Å². The van der Waals surface area contributed by atoms with Crippen LogP contribution >= 0.6 is 0 Å². The molecule has 0 fully saturated rings. The smallest absolute Gasteiger partial charge is 0.231 e. The normalized spacial score (nSPS) is 21.0. The Hall–Kier alpha value is -2.40. The summed E-state index contributed by atoms with van der Waals surface area (Å²) in [5, 5.41) is 10.1. The second-order valence-corrected chi connectivity index (χ2v) is 6.60. The predicted molar refractivity (Wildman–Crippen MR) is 87.8 cm³/mol. The van der Waals surface area contributed by atoms with Crippen LogP contribution in [0.25, 0.3) is 0 Å². The van der Waals surface area contributed by atoms with Gasteiger partial charge in [-0.2, -0.15) is 0 Å². The molecule has 5 heteroatoms. The van der Waals surface area contributed by atoms with Crippen molar-refractivity contribution in [1.29, 1.82) is 0 Å². The number of phenols is 1. The molecule has 0 bridgehead atoms. The van der Waals surface area contributed by atoms with Crippen molar-refractivity contribution in [2.24, 2.45) is 0 Å². The van der Waals surface area contributed by atoms with Gasteiger partial charge in [-0.3, -0.25) is 4.90 Å². The fourth-order valence-electron chi connectivity index (χ4n) is 4.23. The molecule has 2 aromatic rings. The van der Waals surface area contributed by atoms with Crippen LogP contribution in [0.1, 0.15) is 28.3 Å². The molecule has 3 heterocycles. The summed E-state index contributed by atoms with van der Waals surface area (Å²) in [7, 11) is 1.62. The Morgan fingerprint density at radius 2 is 2.00 bits per heavy atom. The molecule has 3 aliphatic rings. The fraction of sp³-hybridized carbons (Fsp3) is 0.368. The van der Waals surface area contributed by atoms with Crippen LogP contribution < -0.4 is 14.2 Å². The molecule has 0 aliphatic carbocycles. The summed E-state index contributed by atoms with van der Waals surface area (Å²) in [5.74, 6) is 2.55. The van der Waals surface area contributed by atoms with Gasteiger partial charge in [-0.1, -0.05) is 6.07 Å². The van der Waals surface area contributed by atoms with Gasteiger partial charge in [0.15, 0.2) is 23.0 Å². The molecule has 0 spiro atoms. The number of hydrogen-bond donors (Lipinski definition) is 1. The van der Waals surface area contributed by atoms with Crippen molar-refractivity contribution in [2.75, 3.05) is 20.4 Å². The number of aromatic hydroxyl groups is 1. The molecule has 1 N–H and O–H groups in total. The number of hydrogen-bond acceptors (Lipinski definition) is 5. The van der Waals surface area contributed by atoms with Crippen LogP contribution in [0, 0.1) is 0 Å². The monoisotopic (exact) mass is 325 g/mol. The summed E-state index contributed by atoms with van der Waals surface area (Å²) < 4.78 is 16.5. The Morgan fingerprint density at radius 1 is 1.17 bits per heavy atom. The average molecular weight is 325 g/mol. The van der Waals surface area contributed by atoms with Crippen LogP contribution in [0.3, 0.4) is 0 Å². The SMILES string of the molecule is COc1c(O)ccc2c1CN1CCc3cc4c(cc3[C@H]1C2)OCO4. The van der Waals surface area contributed by atoms with Gasteiger partial charge >= 0.3 is 0 Å². The van der Waals surface area contributed by atoms with E-state index in [1.807, 2.05) is 6.07 Å². The Bertz CT molecular complexity index is 833. The minimum Gasteiger partial charge on any atom is -0.504 e. The highest BCUT2D eigenvalue weighted by atomic mass is 16.7. The van der Waals surface area contributed by atoms with Crippen molar-refractivity contribution in [1.82, 2.24) is 4.90 Å². The fourth-order valence-corrected chi connectivity index (χ4v) is 4.23. The van der Waals surface area contributed by atoms with Crippen molar-refractivity contribution in [3.8, 4) is 23.0 Å². The van der Waals surface area contributed by atoms with Crippen LogP contribution in [0.4, 0.5) is 0 Å². The summed E-state index contributed by atoms with van der Waals surface area (Å²) in [4.78, 5) is 2.47. The number of rotatable bonds is 1. The number of phenolic OH excluding ortho intramolecular Hbond substituents is 1. The summed E-state index contributed by atoms with van der Waals surface area (Å²) in [5.41, 5.74) is 5.05. The second-order valence-electron chi connectivity index (χ2n) is 6.60. The Kier molecular flexibility index (Phi) is 2.94. The summed E-state index contributed by atoms with van der Waals surface area (Å²) in [6.45, 7) is 2.10. The molecule has 2 aromatic carbocycles. The Balaban J connectivity index is 1.59. The first kappa shape index (κ1) is 14.0. The molecule has 0 saturated carbocycles. The number of methoxy groups -OCH3 is 1. The van der Waals surface area contributed by atoms with Gasteiger partial charge in [-0.15, -0.1) is 0 Å². The first-order valence-corrected chi connectivity index (χ1v) is 8.29. The molecule has 24 heavy (non-hydrogen) atoms. The van der Waals surface area contributed by atoms with Crippen molar-refractivity contribution in [2.45, 2.75) is 25.4 Å². The van der Waals surface area contributed by atoms with Crippen molar-refractivity contribution < 1.29 is 19.3 Å². The number of benzene rings is 2. The van der Waals surface area contributed by atoms with Gasteiger partial charge in [-0.05, 0) is 47.7 Å². The molecule has 0 radical (unpaired) electrons. The Morgan fingerprint density at radius 3 is 2.83 bits per heavy atom. The lowest BCUT2D eigenvalue weighted by Gasteiger charge is -2.41. The van der Waals surface area contributed by atoms with E-state index in [-0.39, 0.29) is 5.75 Å². The van der Waals surface area contributed by atoms with E-state index >= 15 is 0 Å². The van der Waals surface area contributed by atoms with E-state index in [1.165, 1.54) is 16.7 Å². The number of nitrogens with zero attached hydrogens (tertiary/aromatic N) is 1. The van der Waals surface area contributed by atoms with E-state index in [0.29, 0.717) is 18.6 Å². The van der Waals surface area contributed by atoms with Crippen LogP contribution in [-0.2, 0) is 19.4 Å². The molecule has 0 unspecified atom stereocenters. The lowest BCUT2D eigenvalue weighted by molar-refractivity contribution is 0.157. The molecular formula is C19H19NO4. The minimum absolute atomic E-state index is 0.218. The van der Waals surface area contributed by atoms with Gasteiger partial charge in [0, 0.05) is 24.7 Å². The maximum atomic E-state index is 10.1. The van der Waals surface area contributed by atoms with Gasteiger partial charge in [0.1, 0.15) is 0 Å². The van der Waals surface area contributed by atoms with Gasteiger partial charge in [0.2, 0.25) is 6.79 Å². The largest absolute Gasteiger partial charge is 0.504 e. The topological polar surface area (TPSA) is 51.2 Å². The van der Waals surface area contributed by atoms with Crippen molar-refractivity contribution in [3.63, 3.8) is 0 Å². The van der Waals surface area contributed by atoms with Crippen LogP contribution in [0.5, 0.6) is 23.0 Å². The maximum absolute atomic E-state index is 10.1. The molecule has 5 rings (SSSR count). The summed E-state index contributed by atoms with van der Waals surface area (Å²) in [6.07, 6.45) is 1.91. The third-order valence-corrected chi connectivity index (χ3v) is 5.42.